The first-order valence-electron chi connectivity index (χ1n) is 6.37. The van der Waals surface area contributed by atoms with Gasteiger partial charge in [-0.25, -0.2) is 8.78 Å². The van der Waals surface area contributed by atoms with Crippen molar-refractivity contribution in [3.05, 3.63) is 29.3 Å². The van der Waals surface area contributed by atoms with Crippen LogP contribution < -0.4 is 16.6 Å². The molecule has 7 heteroatoms. The van der Waals surface area contributed by atoms with E-state index in [0.717, 1.165) is 18.6 Å². The molecule has 1 heterocycles. The number of nitrogen functional groups attached to an aromatic ring is 1. The van der Waals surface area contributed by atoms with Crippen LogP contribution >= 0.6 is 0 Å². The number of ether oxygens (including phenoxy) is 1. The van der Waals surface area contributed by atoms with Gasteiger partial charge in [0, 0.05) is 24.1 Å². The Morgan fingerprint density at radius 3 is 2.60 bits per heavy atom. The van der Waals surface area contributed by atoms with Crippen LogP contribution in [0.1, 0.15) is 23.7 Å². The van der Waals surface area contributed by atoms with Gasteiger partial charge in [-0.1, -0.05) is 0 Å². The molecule has 110 valence electrons. The molecular formula is C13H17F2N3O2. The summed E-state index contributed by atoms with van der Waals surface area (Å²) in [6, 6.07) is 1.78. The first-order chi connectivity index (χ1) is 9.52. The average Bonchev–Trinajstić information content (AvgIpc) is 2.92. The Hall–Kier alpha value is -1.73. The smallest absolute Gasteiger partial charge is 0.251 e. The SMILES string of the molecule is CC(NC(=O)c1cc(F)c(NN)c(F)c1)C1CCOC1. The zero-order valence-electron chi connectivity index (χ0n) is 11.1. The second-order valence-electron chi connectivity index (χ2n) is 4.85. The lowest BCUT2D eigenvalue weighted by Gasteiger charge is -2.19. The fourth-order valence-corrected chi connectivity index (χ4v) is 2.20. The van der Waals surface area contributed by atoms with Gasteiger partial charge in [-0.05, 0) is 25.5 Å². The average molecular weight is 285 g/mol. The zero-order chi connectivity index (χ0) is 14.7. The Balaban J connectivity index is 2.09. The van der Waals surface area contributed by atoms with Crippen LogP contribution in [0.4, 0.5) is 14.5 Å². The number of benzene rings is 1. The van der Waals surface area contributed by atoms with Crippen LogP contribution in [-0.2, 0) is 4.74 Å². The number of hydrogen-bond acceptors (Lipinski definition) is 4. The topological polar surface area (TPSA) is 76.4 Å². The summed E-state index contributed by atoms with van der Waals surface area (Å²) >= 11 is 0. The van der Waals surface area contributed by atoms with Gasteiger partial charge in [-0.15, -0.1) is 0 Å². The van der Waals surface area contributed by atoms with Crippen molar-refractivity contribution in [2.24, 2.45) is 11.8 Å². The lowest BCUT2D eigenvalue weighted by atomic mass is 10.0. The highest BCUT2D eigenvalue weighted by Gasteiger charge is 2.24. The second kappa shape index (κ2) is 6.15. The second-order valence-corrected chi connectivity index (χ2v) is 4.85. The van der Waals surface area contributed by atoms with Gasteiger partial charge in [0.15, 0.2) is 11.6 Å². The fourth-order valence-electron chi connectivity index (χ4n) is 2.20. The Bertz CT molecular complexity index is 481. The highest BCUT2D eigenvalue weighted by atomic mass is 19.1. The third-order valence-electron chi connectivity index (χ3n) is 3.48. The van der Waals surface area contributed by atoms with E-state index in [4.69, 9.17) is 10.6 Å². The van der Waals surface area contributed by atoms with Gasteiger partial charge in [0.1, 0.15) is 5.69 Å². The molecule has 1 aliphatic rings. The Kier molecular flexibility index (Phi) is 4.51. The fraction of sp³-hybridized carbons (Fsp3) is 0.462. The molecule has 20 heavy (non-hydrogen) atoms. The number of carbonyl (C=O) groups is 1. The molecule has 0 spiro atoms. The van der Waals surface area contributed by atoms with E-state index in [0.29, 0.717) is 13.2 Å². The van der Waals surface area contributed by atoms with Crippen molar-refractivity contribution in [3.8, 4) is 0 Å². The highest BCUT2D eigenvalue weighted by molar-refractivity contribution is 5.94. The number of amides is 1. The summed E-state index contributed by atoms with van der Waals surface area (Å²) in [5.74, 6) is 2.88. The van der Waals surface area contributed by atoms with Gasteiger partial charge in [-0.2, -0.15) is 0 Å². The van der Waals surface area contributed by atoms with E-state index in [9.17, 15) is 13.6 Å². The quantitative estimate of drug-likeness (QED) is 0.577. The van der Waals surface area contributed by atoms with Crippen LogP contribution in [0.15, 0.2) is 12.1 Å². The monoisotopic (exact) mass is 285 g/mol. The maximum absolute atomic E-state index is 13.5. The van der Waals surface area contributed by atoms with E-state index >= 15 is 0 Å². The molecule has 1 saturated heterocycles. The molecule has 4 N–H and O–H groups in total. The van der Waals surface area contributed by atoms with E-state index in [1.165, 1.54) is 0 Å². The number of anilines is 1. The van der Waals surface area contributed by atoms with Gasteiger partial charge >= 0.3 is 0 Å². The largest absolute Gasteiger partial charge is 0.381 e. The summed E-state index contributed by atoms with van der Waals surface area (Å²) in [4.78, 5) is 12.0. The van der Waals surface area contributed by atoms with Crippen molar-refractivity contribution >= 4 is 11.6 Å². The van der Waals surface area contributed by atoms with E-state index in [2.05, 4.69) is 5.32 Å². The molecule has 0 bridgehead atoms. The summed E-state index contributed by atoms with van der Waals surface area (Å²) in [7, 11) is 0. The van der Waals surface area contributed by atoms with Crippen LogP contribution in [0.2, 0.25) is 0 Å². The summed E-state index contributed by atoms with van der Waals surface area (Å²) in [6.45, 7) is 3.10. The van der Waals surface area contributed by atoms with Crippen LogP contribution in [0, 0.1) is 17.6 Å². The molecule has 2 atom stereocenters. The Morgan fingerprint density at radius 1 is 1.45 bits per heavy atom. The van der Waals surface area contributed by atoms with Gasteiger partial charge in [0.25, 0.3) is 5.91 Å². The lowest BCUT2D eigenvalue weighted by molar-refractivity contribution is 0.0921. The molecule has 1 fully saturated rings. The minimum absolute atomic E-state index is 0.0789. The van der Waals surface area contributed by atoms with Crippen LogP contribution in [0.5, 0.6) is 0 Å². The number of hydrazine groups is 1. The molecular weight excluding hydrogens is 268 g/mol. The molecule has 0 aliphatic carbocycles. The predicted octanol–water partition coefficient (Wildman–Crippen LogP) is 1.41. The molecule has 1 aromatic rings. The predicted molar refractivity (Wildman–Crippen MR) is 70.0 cm³/mol. The van der Waals surface area contributed by atoms with E-state index in [1.54, 1.807) is 0 Å². The normalized spacial score (nSPS) is 19.7. The van der Waals surface area contributed by atoms with Crippen molar-refractivity contribution in [3.63, 3.8) is 0 Å². The molecule has 0 radical (unpaired) electrons. The number of halogens is 2. The lowest BCUT2D eigenvalue weighted by Crippen LogP contribution is -2.38. The minimum atomic E-state index is -0.908. The van der Waals surface area contributed by atoms with Crippen molar-refractivity contribution in [2.45, 2.75) is 19.4 Å². The number of nitrogens with one attached hydrogen (secondary N) is 2. The summed E-state index contributed by atoms with van der Waals surface area (Å²) in [5, 5.41) is 2.73. The number of carbonyl (C=O) groups excluding carboxylic acids is 1. The van der Waals surface area contributed by atoms with Crippen molar-refractivity contribution in [1.29, 1.82) is 0 Å². The van der Waals surface area contributed by atoms with Crippen LogP contribution in [0.3, 0.4) is 0 Å². The van der Waals surface area contributed by atoms with Gasteiger partial charge in [0.05, 0.1) is 6.61 Å². The first kappa shape index (κ1) is 14.7. The Labute approximate surface area is 115 Å². The Morgan fingerprint density at radius 2 is 2.10 bits per heavy atom. The third kappa shape index (κ3) is 3.05. The molecule has 1 aromatic carbocycles. The van der Waals surface area contributed by atoms with Gasteiger partial charge < -0.3 is 15.5 Å². The van der Waals surface area contributed by atoms with Crippen molar-refractivity contribution in [2.75, 3.05) is 18.6 Å². The number of hydrogen-bond donors (Lipinski definition) is 3. The maximum Gasteiger partial charge on any atom is 0.251 e. The minimum Gasteiger partial charge on any atom is -0.381 e. The molecule has 0 saturated carbocycles. The van der Waals surface area contributed by atoms with Crippen molar-refractivity contribution in [1.82, 2.24) is 5.32 Å². The van der Waals surface area contributed by atoms with Gasteiger partial charge in [-0.3, -0.25) is 10.6 Å². The zero-order valence-corrected chi connectivity index (χ0v) is 11.1. The number of rotatable bonds is 4. The molecule has 1 aliphatic heterocycles. The first-order valence-corrected chi connectivity index (χ1v) is 6.37. The molecule has 0 aromatic heterocycles. The van der Waals surface area contributed by atoms with Crippen LogP contribution in [-0.4, -0.2) is 25.2 Å². The van der Waals surface area contributed by atoms with E-state index in [-0.39, 0.29) is 17.5 Å². The molecule has 1 amide bonds. The van der Waals surface area contributed by atoms with Gasteiger partial charge in [0.2, 0.25) is 0 Å². The molecule has 5 nitrogen and oxygen atoms in total. The summed E-state index contributed by atoms with van der Waals surface area (Å²) in [5.41, 5.74) is 1.38. The number of nitrogens with two attached hydrogens (primary N) is 1. The molecule has 2 rings (SSSR count). The summed E-state index contributed by atoms with van der Waals surface area (Å²) in [6.07, 6.45) is 0.861. The summed E-state index contributed by atoms with van der Waals surface area (Å²) < 4.78 is 32.3. The molecule has 2 unspecified atom stereocenters. The van der Waals surface area contributed by atoms with E-state index < -0.39 is 23.2 Å². The maximum atomic E-state index is 13.5. The van der Waals surface area contributed by atoms with Crippen molar-refractivity contribution < 1.29 is 18.3 Å². The standard InChI is InChI=1S/C13H17F2N3O2/c1-7(8-2-3-20-6-8)17-13(19)9-4-10(14)12(18-16)11(15)5-9/h4-5,7-8,18H,2-3,6,16H2,1H3,(H,17,19). The highest BCUT2D eigenvalue weighted by Crippen LogP contribution is 2.21. The third-order valence-corrected chi connectivity index (χ3v) is 3.48. The van der Waals surface area contributed by atoms with Crippen LogP contribution in [0.25, 0.3) is 0 Å². The van der Waals surface area contributed by atoms with E-state index in [1.807, 2.05) is 12.3 Å².